The number of hydrogen-bond donors (Lipinski definition) is 0. The van der Waals surface area contributed by atoms with E-state index in [1.165, 1.54) is 5.56 Å². The lowest BCUT2D eigenvalue weighted by Gasteiger charge is -2.04. The van der Waals surface area contributed by atoms with Gasteiger partial charge in [0.1, 0.15) is 0 Å². The molecule has 0 aliphatic rings. The second-order valence-electron chi connectivity index (χ2n) is 3.17. The van der Waals surface area contributed by atoms with E-state index >= 15 is 0 Å². The summed E-state index contributed by atoms with van der Waals surface area (Å²) in [6, 6.07) is 4.12. The largest absolute Gasteiger partial charge is 0.378 e. The van der Waals surface area contributed by atoms with E-state index in [9.17, 15) is 0 Å². The molecular weight excluding hydrogens is 150 g/mol. The van der Waals surface area contributed by atoms with Crippen LogP contribution in [0, 0.1) is 0 Å². The van der Waals surface area contributed by atoms with E-state index in [2.05, 4.69) is 24.9 Å². The van der Waals surface area contributed by atoms with Crippen LogP contribution < -0.4 is 0 Å². The maximum Gasteiger partial charge on any atom is 0.0884 e. The van der Waals surface area contributed by atoms with Gasteiger partial charge in [-0.2, -0.15) is 0 Å². The van der Waals surface area contributed by atoms with Crippen LogP contribution in [0.15, 0.2) is 18.3 Å². The lowest BCUT2D eigenvalue weighted by molar-refractivity contribution is 0.181. The third kappa shape index (κ3) is 2.31. The zero-order chi connectivity index (χ0) is 8.97. The number of aromatic nitrogens is 1. The summed E-state index contributed by atoms with van der Waals surface area (Å²) in [4.78, 5) is 4.26. The third-order valence-corrected chi connectivity index (χ3v) is 1.81. The van der Waals surface area contributed by atoms with Crippen LogP contribution in [0.3, 0.4) is 0 Å². The fraction of sp³-hybridized carbons (Fsp3) is 0.500. The topological polar surface area (TPSA) is 22.1 Å². The van der Waals surface area contributed by atoms with Gasteiger partial charge < -0.3 is 4.74 Å². The van der Waals surface area contributed by atoms with Gasteiger partial charge in [-0.05, 0) is 17.5 Å². The summed E-state index contributed by atoms with van der Waals surface area (Å²) in [7, 11) is 1.68. The minimum Gasteiger partial charge on any atom is -0.378 e. The van der Waals surface area contributed by atoms with Crippen molar-refractivity contribution >= 4 is 0 Å². The fourth-order valence-electron chi connectivity index (χ4n) is 1.01. The van der Waals surface area contributed by atoms with Crippen LogP contribution in [0.2, 0.25) is 0 Å². The molecule has 0 bridgehead atoms. The molecule has 2 heteroatoms. The van der Waals surface area contributed by atoms with Crippen LogP contribution >= 0.6 is 0 Å². The molecule has 0 aliphatic heterocycles. The van der Waals surface area contributed by atoms with Crippen LogP contribution in [0.5, 0.6) is 0 Å². The Morgan fingerprint density at radius 1 is 1.42 bits per heavy atom. The van der Waals surface area contributed by atoms with Crippen LogP contribution in [-0.2, 0) is 11.3 Å². The molecule has 0 N–H and O–H groups in total. The predicted molar refractivity (Wildman–Crippen MR) is 49.0 cm³/mol. The lowest BCUT2D eigenvalue weighted by atomic mass is 10.1. The maximum atomic E-state index is 4.97. The highest BCUT2D eigenvalue weighted by Crippen LogP contribution is 2.12. The van der Waals surface area contributed by atoms with E-state index in [0.717, 1.165) is 5.69 Å². The number of methoxy groups -OCH3 is 1. The van der Waals surface area contributed by atoms with E-state index < -0.39 is 0 Å². The molecule has 0 fully saturated rings. The zero-order valence-corrected chi connectivity index (χ0v) is 7.87. The Hall–Kier alpha value is -0.890. The Kier molecular flexibility index (Phi) is 3.23. The van der Waals surface area contributed by atoms with Crippen molar-refractivity contribution in [3.05, 3.63) is 29.6 Å². The van der Waals surface area contributed by atoms with Crippen LogP contribution in [0.25, 0.3) is 0 Å². The molecule has 1 aromatic heterocycles. The molecule has 0 atom stereocenters. The summed E-state index contributed by atoms with van der Waals surface area (Å²) < 4.78 is 4.97. The van der Waals surface area contributed by atoms with Crippen molar-refractivity contribution in [3.63, 3.8) is 0 Å². The van der Waals surface area contributed by atoms with Gasteiger partial charge in [-0.3, -0.25) is 4.98 Å². The van der Waals surface area contributed by atoms with Crippen molar-refractivity contribution < 1.29 is 4.74 Å². The number of nitrogens with zero attached hydrogens (tertiary/aromatic N) is 1. The molecule has 0 aromatic carbocycles. The van der Waals surface area contributed by atoms with Crippen LogP contribution in [0.4, 0.5) is 0 Å². The third-order valence-electron chi connectivity index (χ3n) is 1.81. The second kappa shape index (κ2) is 4.21. The highest BCUT2D eigenvalue weighted by Gasteiger charge is 1.98. The monoisotopic (exact) mass is 165 g/mol. The summed E-state index contributed by atoms with van der Waals surface area (Å²) in [5.74, 6) is 0.550. The van der Waals surface area contributed by atoms with E-state index in [0.29, 0.717) is 12.5 Å². The molecule has 0 spiro atoms. The van der Waals surface area contributed by atoms with E-state index in [4.69, 9.17) is 4.74 Å². The van der Waals surface area contributed by atoms with Gasteiger partial charge in [-0.25, -0.2) is 0 Å². The van der Waals surface area contributed by atoms with Gasteiger partial charge in [0.25, 0.3) is 0 Å². The first-order valence-electron chi connectivity index (χ1n) is 4.18. The normalized spacial score (nSPS) is 10.7. The molecule has 0 unspecified atom stereocenters. The van der Waals surface area contributed by atoms with Crippen molar-refractivity contribution in [2.75, 3.05) is 7.11 Å². The van der Waals surface area contributed by atoms with Gasteiger partial charge in [0.05, 0.1) is 12.3 Å². The molecule has 1 aromatic rings. The predicted octanol–water partition coefficient (Wildman–Crippen LogP) is 2.35. The lowest BCUT2D eigenvalue weighted by Crippen LogP contribution is -1.94. The zero-order valence-electron chi connectivity index (χ0n) is 7.87. The molecule has 1 heterocycles. The smallest absolute Gasteiger partial charge is 0.0884 e. The molecule has 0 saturated heterocycles. The first-order chi connectivity index (χ1) is 5.74. The van der Waals surface area contributed by atoms with Crippen molar-refractivity contribution in [1.29, 1.82) is 0 Å². The molecule has 0 saturated carbocycles. The van der Waals surface area contributed by atoms with Gasteiger partial charge in [0.15, 0.2) is 0 Å². The summed E-state index contributed by atoms with van der Waals surface area (Å²) in [6.07, 6.45) is 1.92. The van der Waals surface area contributed by atoms with Gasteiger partial charge in [0.2, 0.25) is 0 Å². The standard InChI is InChI=1S/C10H15NO/c1-8(2)9-4-5-10(7-12-3)11-6-9/h4-6,8H,7H2,1-3H3. The number of pyridine rings is 1. The quantitative estimate of drug-likeness (QED) is 0.686. The molecule has 0 radical (unpaired) electrons. The van der Waals surface area contributed by atoms with Gasteiger partial charge in [-0.1, -0.05) is 19.9 Å². The summed E-state index contributed by atoms with van der Waals surface area (Å²) in [5, 5.41) is 0. The number of ether oxygens (including phenoxy) is 1. The fourth-order valence-corrected chi connectivity index (χ4v) is 1.01. The van der Waals surface area contributed by atoms with Crippen LogP contribution in [-0.4, -0.2) is 12.1 Å². The first kappa shape index (κ1) is 9.20. The molecule has 12 heavy (non-hydrogen) atoms. The number of rotatable bonds is 3. The number of hydrogen-bond acceptors (Lipinski definition) is 2. The second-order valence-corrected chi connectivity index (χ2v) is 3.17. The van der Waals surface area contributed by atoms with Crippen LogP contribution in [0.1, 0.15) is 31.0 Å². The Morgan fingerprint density at radius 3 is 2.58 bits per heavy atom. The molecule has 2 nitrogen and oxygen atoms in total. The van der Waals surface area contributed by atoms with Crippen molar-refractivity contribution in [3.8, 4) is 0 Å². The van der Waals surface area contributed by atoms with Crippen molar-refractivity contribution in [2.24, 2.45) is 0 Å². The summed E-state index contributed by atoms with van der Waals surface area (Å²) in [6.45, 7) is 4.92. The van der Waals surface area contributed by atoms with Gasteiger partial charge in [0, 0.05) is 13.3 Å². The Balaban J connectivity index is 2.71. The summed E-state index contributed by atoms with van der Waals surface area (Å²) in [5.41, 5.74) is 2.26. The highest BCUT2D eigenvalue weighted by atomic mass is 16.5. The van der Waals surface area contributed by atoms with E-state index in [1.807, 2.05) is 12.3 Å². The van der Waals surface area contributed by atoms with Crippen molar-refractivity contribution in [1.82, 2.24) is 4.98 Å². The molecule has 1 rings (SSSR count). The maximum absolute atomic E-state index is 4.97. The van der Waals surface area contributed by atoms with Crippen molar-refractivity contribution in [2.45, 2.75) is 26.4 Å². The molecule has 0 aliphatic carbocycles. The Morgan fingerprint density at radius 2 is 2.17 bits per heavy atom. The average molecular weight is 165 g/mol. The molecule has 0 amide bonds. The minimum absolute atomic E-state index is 0.550. The Bertz CT molecular complexity index is 228. The summed E-state index contributed by atoms with van der Waals surface area (Å²) >= 11 is 0. The SMILES string of the molecule is COCc1ccc(C(C)C)cn1. The minimum atomic E-state index is 0.550. The average Bonchev–Trinajstić information content (AvgIpc) is 2.06. The van der Waals surface area contributed by atoms with Gasteiger partial charge in [-0.15, -0.1) is 0 Å². The molecular formula is C10H15NO. The Labute approximate surface area is 73.6 Å². The first-order valence-corrected chi connectivity index (χ1v) is 4.18. The van der Waals surface area contributed by atoms with E-state index in [1.54, 1.807) is 7.11 Å². The van der Waals surface area contributed by atoms with E-state index in [-0.39, 0.29) is 0 Å². The highest BCUT2D eigenvalue weighted by molar-refractivity contribution is 5.16. The molecule has 66 valence electrons. The van der Waals surface area contributed by atoms with Gasteiger partial charge >= 0.3 is 0 Å².